The van der Waals surface area contributed by atoms with Crippen molar-refractivity contribution in [2.75, 3.05) is 6.54 Å². The quantitative estimate of drug-likeness (QED) is 0.415. The van der Waals surface area contributed by atoms with Crippen molar-refractivity contribution in [1.29, 1.82) is 0 Å². The Morgan fingerprint density at radius 1 is 1.10 bits per heavy atom. The molecule has 0 bridgehead atoms. The fourth-order valence-electron chi connectivity index (χ4n) is 6.00. The molecule has 0 radical (unpaired) electrons. The van der Waals surface area contributed by atoms with E-state index in [-0.39, 0.29) is 30.2 Å². The van der Waals surface area contributed by atoms with Crippen LogP contribution in [0.4, 0.5) is 13.6 Å². The number of carbonyl (C=O) groups is 3. The van der Waals surface area contributed by atoms with E-state index in [9.17, 15) is 23.2 Å². The number of amides is 4. The van der Waals surface area contributed by atoms with Crippen LogP contribution in [0.3, 0.4) is 0 Å². The van der Waals surface area contributed by atoms with Crippen molar-refractivity contribution in [1.82, 2.24) is 15.1 Å². The number of ether oxygens (including phenoxy) is 1. The molecule has 1 aliphatic heterocycles. The summed E-state index contributed by atoms with van der Waals surface area (Å²) < 4.78 is 29.7. The molecule has 1 saturated heterocycles. The molecule has 202 valence electrons. The lowest BCUT2D eigenvalue weighted by Crippen LogP contribution is -2.47. The van der Waals surface area contributed by atoms with Crippen LogP contribution in [0.5, 0.6) is 5.75 Å². The zero-order valence-corrected chi connectivity index (χ0v) is 21.5. The van der Waals surface area contributed by atoms with Crippen molar-refractivity contribution in [3.05, 3.63) is 77.4 Å². The second kappa shape index (κ2) is 9.63. The van der Waals surface area contributed by atoms with E-state index in [2.05, 4.69) is 10.1 Å². The molecule has 3 aromatic carbocycles. The summed E-state index contributed by atoms with van der Waals surface area (Å²) in [6.07, 6.45) is 3.22. The van der Waals surface area contributed by atoms with Gasteiger partial charge in [-0.3, -0.25) is 14.5 Å². The van der Waals surface area contributed by atoms with Gasteiger partial charge in [0, 0.05) is 12.6 Å². The van der Waals surface area contributed by atoms with E-state index in [0.29, 0.717) is 25.3 Å². The Hall–Kier alpha value is -4.01. The lowest BCUT2D eigenvalue weighted by molar-refractivity contribution is -0.141. The smallest absolute Gasteiger partial charge is 0.387 e. The predicted molar refractivity (Wildman–Crippen MR) is 140 cm³/mol. The molecule has 1 heterocycles. The van der Waals surface area contributed by atoms with Crippen molar-refractivity contribution in [3.63, 3.8) is 0 Å². The third-order valence-electron chi connectivity index (χ3n) is 8.29. The Labute approximate surface area is 224 Å². The lowest BCUT2D eigenvalue weighted by Gasteiger charge is -2.31. The number of urea groups is 1. The van der Waals surface area contributed by atoms with Gasteiger partial charge in [-0.1, -0.05) is 42.5 Å². The Morgan fingerprint density at radius 2 is 1.85 bits per heavy atom. The molecule has 2 aliphatic carbocycles. The van der Waals surface area contributed by atoms with Crippen LogP contribution in [0.25, 0.3) is 10.8 Å². The van der Waals surface area contributed by atoms with E-state index in [1.165, 1.54) is 6.07 Å². The fraction of sp³-hybridized carbons (Fsp3) is 0.367. The van der Waals surface area contributed by atoms with Crippen molar-refractivity contribution >= 4 is 28.6 Å². The average Bonchev–Trinajstić information content (AvgIpc) is 3.67. The van der Waals surface area contributed by atoms with E-state index in [1.54, 1.807) is 17.0 Å². The summed E-state index contributed by atoms with van der Waals surface area (Å²) in [5.74, 6) is -0.209. The van der Waals surface area contributed by atoms with Crippen LogP contribution in [0, 0.1) is 5.92 Å². The topological polar surface area (TPSA) is 79.0 Å². The molecule has 3 aromatic rings. The van der Waals surface area contributed by atoms with Gasteiger partial charge in [0.2, 0.25) is 5.91 Å². The second-order valence-corrected chi connectivity index (χ2v) is 10.7. The van der Waals surface area contributed by atoms with Crippen LogP contribution in [-0.4, -0.2) is 46.8 Å². The molecule has 4 amide bonds. The molecule has 2 unspecified atom stereocenters. The van der Waals surface area contributed by atoms with Gasteiger partial charge >= 0.3 is 12.6 Å². The van der Waals surface area contributed by atoms with Gasteiger partial charge < -0.3 is 15.0 Å². The second-order valence-electron chi connectivity index (χ2n) is 10.7. The maximum atomic E-state index is 13.7. The number of rotatable bonds is 8. The largest absolute Gasteiger partial charge is 0.435 e. The molecule has 3 aliphatic rings. The van der Waals surface area contributed by atoms with E-state index in [0.717, 1.165) is 45.2 Å². The van der Waals surface area contributed by atoms with Gasteiger partial charge in [0.25, 0.3) is 5.91 Å². The van der Waals surface area contributed by atoms with Gasteiger partial charge in [-0.15, -0.1) is 0 Å². The molecular weight excluding hydrogens is 504 g/mol. The predicted octanol–water partition coefficient (Wildman–Crippen LogP) is 4.96. The van der Waals surface area contributed by atoms with Gasteiger partial charge in [0.15, 0.2) is 0 Å². The third-order valence-corrected chi connectivity index (χ3v) is 8.29. The minimum absolute atomic E-state index is 0.0584. The number of alkyl halides is 2. The highest BCUT2D eigenvalue weighted by atomic mass is 19.3. The number of fused-ring (bicyclic) bond motifs is 3. The van der Waals surface area contributed by atoms with Crippen molar-refractivity contribution in [2.24, 2.45) is 5.92 Å². The van der Waals surface area contributed by atoms with Gasteiger partial charge in [-0.25, -0.2) is 4.79 Å². The minimum atomic E-state index is -2.90. The number of hydrogen-bond donors (Lipinski definition) is 1. The first-order chi connectivity index (χ1) is 18.7. The van der Waals surface area contributed by atoms with E-state index < -0.39 is 18.2 Å². The minimum Gasteiger partial charge on any atom is -0.435 e. The van der Waals surface area contributed by atoms with Crippen LogP contribution >= 0.6 is 0 Å². The summed E-state index contributed by atoms with van der Waals surface area (Å²) in [6, 6.07) is 17.3. The maximum Gasteiger partial charge on any atom is 0.387 e. The summed E-state index contributed by atoms with van der Waals surface area (Å²) in [7, 11) is 0. The zero-order valence-electron chi connectivity index (χ0n) is 21.5. The number of halogens is 2. The molecule has 2 fully saturated rings. The molecule has 9 heteroatoms. The van der Waals surface area contributed by atoms with Gasteiger partial charge in [0.05, 0.1) is 0 Å². The van der Waals surface area contributed by atoms with Crippen LogP contribution in [0.2, 0.25) is 0 Å². The van der Waals surface area contributed by atoms with E-state index >= 15 is 0 Å². The number of carbonyl (C=O) groups excluding carboxylic acids is 3. The fourth-order valence-corrected chi connectivity index (χ4v) is 6.00. The van der Waals surface area contributed by atoms with Crippen LogP contribution in [0.15, 0.2) is 60.7 Å². The van der Waals surface area contributed by atoms with Gasteiger partial charge in [-0.2, -0.15) is 8.78 Å². The number of hydrogen-bond acceptors (Lipinski definition) is 4. The molecule has 0 aromatic heterocycles. The standard InChI is InChI=1S/C30H29F2N3O4/c1-18(20-8-9-20)34(16-19-6-7-23-15-24(39-28(31)32)11-10-22(23)14-19)26(36)17-35-27(37)30(33-29(35)38)13-12-21-4-2-3-5-25(21)30/h2-7,10-11,14-15,18,20,28H,8-9,12-13,16-17H2,1H3,(H,33,38). The normalized spacial score (nSPS) is 21.0. The Balaban J connectivity index is 1.22. The first kappa shape index (κ1) is 25.3. The highest BCUT2D eigenvalue weighted by molar-refractivity contribution is 6.10. The summed E-state index contributed by atoms with van der Waals surface area (Å²) in [6.45, 7) is -0.911. The molecule has 2 atom stereocenters. The lowest BCUT2D eigenvalue weighted by atomic mass is 9.92. The van der Waals surface area contributed by atoms with Crippen molar-refractivity contribution in [3.8, 4) is 5.75 Å². The number of imide groups is 1. The number of benzene rings is 3. The number of nitrogens with one attached hydrogen (secondary N) is 1. The average molecular weight is 534 g/mol. The van der Waals surface area contributed by atoms with Crippen molar-refractivity contribution in [2.45, 2.75) is 57.3 Å². The monoisotopic (exact) mass is 533 g/mol. The summed E-state index contributed by atoms with van der Waals surface area (Å²) in [5, 5.41) is 4.46. The van der Waals surface area contributed by atoms with E-state index in [4.69, 9.17) is 0 Å². The third kappa shape index (κ3) is 4.60. The molecule has 1 N–H and O–H groups in total. The molecular formula is C30H29F2N3O4. The number of nitrogens with zero attached hydrogens (tertiary/aromatic N) is 2. The SMILES string of the molecule is CC(C1CC1)N(Cc1ccc2cc(OC(F)F)ccc2c1)C(=O)CN1C(=O)NC2(CCc3ccccc32)C1=O. The molecule has 7 nitrogen and oxygen atoms in total. The first-order valence-corrected chi connectivity index (χ1v) is 13.2. The van der Waals surface area contributed by atoms with Crippen molar-refractivity contribution < 1.29 is 27.9 Å². The van der Waals surface area contributed by atoms with Crippen LogP contribution < -0.4 is 10.1 Å². The first-order valence-electron chi connectivity index (χ1n) is 13.2. The molecule has 39 heavy (non-hydrogen) atoms. The maximum absolute atomic E-state index is 13.7. The van der Waals surface area contributed by atoms with Crippen LogP contribution in [0.1, 0.15) is 42.9 Å². The van der Waals surface area contributed by atoms with E-state index in [1.807, 2.05) is 49.4 Å². The van der Waals surface area contributed by atoms with Crippen LogP contribution in [-0.2, 0) is 28.1 Å². The summed E-state index contributed by atoms with van der Waals surface area (Å²) >= 11 is 0. The Bertz CT molecular complexity index is 1470. The summed E-state index contributed by atoms with van der Waals surface area (Å²) in [5.41, 5.74) is 1.60. The highest BCUT2D eigenvalue weighted by Gasteiger charge is 2.55. The Morgan fingerprint density at radius 3 is 2.62 bits per heavy atom. The Kier molecular flexibility index (Phi) is 6.24. The zero-order chi connectivity index (χ0) is 27.3. The summed E-state index contributed by atoms with van der Waals surface area (Å²) in [4.78, 5) is 43.1. The number of aryl methyl sites for hydroxylation is 1. The molecule has 6 rings (SSSR count). The highest BCUT2D eigenvalue weighted by Crippen LogP contribution is 2.41. The molecule has 1 spiro atoms. The van der Waals surface area contributed by atoms with Gasteiger partial charge in [-0.05, 0) is 84.2 Å². The molecule has 1 saturated carbocycles. The van der Waals surface area contributed by atoms with Gasteiger partial charge in [0.1, 0.15) is 17.8 Å².